The van der Waals surface area contributed by atoms with Gasteiger partial charge >= 0.3 is 0 Å². The van der Waals surface area contributed by atoms with Crippen molar-refractivity contribution in [1.82, 2.24) is 4.90 Å². The topological polar surface area (TPSA) is 63.7 Å². The van der Waals surface area contributed by atoms with Crippen LogP contribution in [0.25, 0.3) is 0 Å². The van der Waals surface area contributed by atoms with Crippen LogP contribution in [-0.2, 0) is 19.1 Å². The van der Waals surface area contributed by atoms with Crippen molar-refractivity contribution in [3.8, 4) is 0 Å². The highest BCUT2D eigenvalue weighted by molar-refractivity contribution is 6.12. The summed E-state index contributed by atoms with van der Waals surface area (Å²) in [7, 11) is 0. The van der Waals surface area contributed by atoms with E-state index in [4.69, 9.17) is 4.74 Å². The molecule has 1 aliphatic rings. The molecule has 0 saturated heterocycles. The predicted octanol–water partition coefficient (Wildman–Crippen LogP) is 1.86. The molecule has 20 heavy (non-hydrogen) atoms. The highest BCUT2D eigenvalue weighted by Gasteiger charge is 2.22. The summed E-state index contributed by atoms with van der Waals surface area (Å²) >= 11 is 0. The molecule has 1 rings (SSSR count). The number of hydrogen-bond acceptors (Lipinski definition) is 4. The highest BCUT2D eigenvalue weighted by atomic mass is 16.5. The van der Waals surface area contributed by atoms with Crippen LogP contribution in [0, 0.1) is 0 Å². The molecule has 0 fully saturated rings. The van der Waals surface area contributed by atoms with Gasteiger partial charge in [0.05, 0.1) is 13.2 Å². The summed E-state index contributed by atoms with van der Waals surface area (Å²) in [6.45, 7) is 2.99. The summed E-state index contributed by atoms with van der Waals surface area (Å²) in [6, 6.07) is 0. The van der Waals surface area contributed by atoms with Crippen LogP contribution in [0.15, 0.2) is 12.2 Å². The molecule has 0 spiro atoms. The van der Waals surface area contributed by atoms with Gasteiger partial charge in [-0.3, -0.25) is 14.5 Å². The van der Waals surface area contributed by atoms with Gasteiger partial charge in [-0.15, -0.1) is 0 Å². The van der Waals surface area contributed by atoms with Crippen LogP contribution >= 0.6 is 0 Å². The van der Waals surface area contributed by atoms with E-state index in [-0.39, 0.29) is 17.6 Å². The minimum atomic E-state index is -0.260. The van der Waals surface area contributed by atoms with Gasteiger partial charge in [0.15, 0.2) is 0 Å². The lowest BCUT2D eigenvalue weighted by Gasteiger charge is -2.13. The van der Waals surface area contributed by atoms with Gasteiger partial charge < -0.3 is 9.53 Å². The van der Waals surface area contributed by atoms with E-state index in [1.54, 1.807) is 6.92 Å². The van der Waals surface area contributed by atoms with Crippen LogP contribution < -0.4 is 0 Å². The first-order chi connectivity index (χ1) is 9.61. The second kappa shape index (κ2) is 9.42. The molecule has 2 amide bonds. The molecule has 0 atom stereocenters. The van der Waals surface area contributed by atoms with Gasteiger partial charge in [0.2, 0.25) is 0 Å². The SMILES string of the molecule is CC(=O)CCCCCCCOCCN1C(=O)C=CC1=O. The number of hydrogen-bond donors (Lipinski definition) is 0. The van der Waals surface area contributed by atoms with Crippen LogP contribution in [0.1, 0.15) is 45.4 Å². The Hall–Kier alpha value is -1.49. The Morgan fingerprint density at radius 3 is 2.25 bits per heavy atom. The molecule has 0 aliphatic carbocycles. The molecule has 0 aromatic rings. The second-order valence-electron chi connectivity index (χ2n) is 4.99. The first kappa shape index (κ1) is 16.6. The molecule has 112 valence electrons. The average molecular weight is 281 g/mol. The minimum absolute atomic E-state index is 0.258. The fourth-order valence-corrected chi connectivity index (χ4v) is 2.02. The number of imide groups is 1. The molecule has 5 heteroatoms. The van der Waals surface area contributed by atoms with E-state index in [9.17, 15) is 14.4 Å². The zero-order valence-corrected chi connectivity index (χ0v) is 12.1. The van der Waals surface area contributed by atoms with Gasteiger partial charge in [-0.25, -0.2) is 0 Å². The lowest BCUT2D eigenvalue weighted by Crippen LogP contribution is -2.33. The molecule has 0 unspecified atom stereocenters. The maximum Gasteiger partial charge on any atom is 0.253 e. The van der Waals surface area contributed by atoms with Crippen molar-refractivity contribution in [2.75, 3.05) is 19.8 Å². The zero-order valence-electron chi connectivity index (χ0n) is 12.1. The largest absolute Gasteiger partial charge is 0.380 e. The van der Waals surface area contributed by atoms with Gasteiger partial charge in [-0.2, -0.15) is 0 Å². The Bertz CT molecular complexity index is 358. The zero-order chi connectivity index (χ0) is 14.8. The van der Waals surface area contributed by atoms with E-state index in [0.717, 1.165) is 32.1 Å². The van der Waals surface area contributed by atoms with Crippen molar-refractivity contribution < 1.29 is 19.1 Å². The predicted molar refractivity (Wildman–Crippen MR) is 75.1 cm³/mol. The number of rotatable bonds is 11. The maximum absolute atomic E-state index is 11.2. The van der Waals surface area contributed by atoms with E-state index in [2.05, 4.69) is 0 Å². The molecule has 0 N–H and O–H groups in total. The Morgan fingerprint density at radius 2 is 1.60 bits per heavy atom. The molecule has 5 nitrogen and oxygen atoms in total. The molecular formula is C15H23NO4. The third-order valence-corrected chi connectivity index (χ3v) is 3.18. The third kappa shape index (κ3) is 6.61. The van der Waals surface area contributed by atoms with Crippen molar-refractivity contribution in [2.24, 2.45) is 0 Å². The van der Waals surface area contributed by atoms with Crippen molar-refractivity contribution >= 4 is 17.6 Å². The quantitative estimate of drug-likeness (QED) is 0.428. The molecule has 0 saturated carbocycles. The van der Waals surface area contributed by atoms with E-state index in [1.165, 1.54) is 17.1 Å². The van der Waals surface area contributed by atoms with E-state index in [0.29, 0.717) is 26.2 Å². The van der Waals surface area contributed by atoms with Crippen LogP contribution in [-0.4, -0.2) is 42.3 Å². The van der Waals surface area contributed by atoms with Crippen molar-refractivity contribution in [2.45, 2.75) is 45.4 Å². The summed E-state index contributed by atoms with van der Waals surface area (Å²) in [5.41, 5.74) is 0. The van der Waals surface area contributed by atoms with Crippen LogP contribution in [0.5, 0.6) is 0 Å². The minimum Gasteiger partial charge on any atom is -0.380 e. The number of Topliss-reactive ketones (excluding diaryl/α,β-unsaturated/α-hetero) is 1. The van der Waals surface area contributed by atoms with E-state index in [1.807, 2.05) is 0 Å². The average Bonchev–Trinajstić information content (AvgIpc) is 2.71. The standard InChI is InChI=1S/C15H23NO4/c1-13(17)7-5-3-2-4-6-11-20-12-10-16-14(18)8-9-15(16)19/h8-9H,2-7,10-12H2,1H3. The molecule has 0 bridgehead atoms. The maximum atomic E-state index is 11.2. The second-order valence-corrected chi connectivity index (χ2v) is 4.99. The molecular weight excluding hydrogens is 258 g/mol. The van der Waals surface area contributed by atoms with E-state index < -0.39 is 0 Å². The summed E-state index contributed by atoms with van der Waals surface area (Å²) in [6.07, 6.45) is 8.48. The Kier molecular flexibility index (Phi) is 7.80. The molecule has 0 aromatic carbocycles. The number of ether oxygens (including phenoxy) is 1. The van der Waals surface area contributed by atoms with Gasteiger partial charge in [-0.05, 0) is 19.8 Å². The van der Waals surface area contributed by atoms with Crippen molar-refractivity contribution in [1.29, 1.82) is 0 Å². The number of nitrogens with zero attached hydrogens (tertiary/aromatic N) is 1. The van der Waals surface area contributed by atoms with Gasteiger partial charge in [-0.1, -0.05) is 19.3 Å². The van der Waals surface area contributed by atoms with Crippen molar-refractivity contribution in [3.63, 3.8) is 0 Å². The van der Waals surface area contributed by atoms with Crippen LogP contribution in [0.2, 0.25) is 0 Å². The highest BCUT2D eigenvalue weighted by Crippen LogP contribution is 2.06. The first-order valence-corrected chi connectivity index (χ1v) is 7.22. The monoisotopic (exact) mass is 281 g/mol. The normalized spacial score (nSPS) is 14.3. The molecule has 0 aromatic heterocycles. The lowest BCUT2D eigenvalue weighted by molar-refractivity contribution is -0.137. The van der Waals surface area contributed by atoms with Crippen molar-refractivity contribution in [3.05, 3.63) is 12.2 Å². The molecule has 0 radical (unpaired) electrons. The number of carbonyl (C=O) groups is 3. The summed E-state index contributed by atoms with van der Waals surface area (Å²) in [5, 5.41) is 0. The van der Waals surface area contributed by atoms with E-state index >= 15 is 0 Å². The van der Waals surface area contributed by atoms with Gasteiger partial charge in [0, 0.05) is 25.2 Å². The third-order valence-electron chi connectivity index (χ3n) is 3.18. The number of carbonyl (C=O) groups excluding carboxylic acids is 3. The Labute approximate surface area is 120 Å². The summed E-state index contributed by atoms with van der Waals surface area (Å²) < 4.78 is 5.41. The summed E-state index contributed by atoms with van der Waals surface area (Å²) in [4.78, 5) is 34.4. The first-order valence-electron chi connectivity index (χ1n) is 7.22. The van der Waals surface area contributed by atoms with Crippen LogP contribution in [0.3, 0.4) is 0 Å². The number of unbranched alkanes of at least 4 members (excludes halogenated alkanes) is 4. The van der Waals surface area contributed by atoms with Crippen LogP contribution in [0.4, 0.5) is 0 Å². The Morgan fingerprint density at radius 1 is 1.00 bits per heavy atom. The number of amides is 2. The summed E-state index contributed by atoms with van der Waals surface area (Å²) in [5.74, 6) is -0.262. The molecule has 1 heterocycles. The lowest BCUT2D eigenvalue weighted by atomic mass is 10.1. The van der Waals surface area contributed by atoms with Gasteiger partial charge in [0.1, 0.15) is 5.78 Å². The fraction of sp³-hybridized carbons (Fsp3) is 0.667. The molecule has 1 aliphatic heterocycles. The van der Waals surface area contributed by atoms with Gasteiger partial charge in [0.25, 0.3) is 11.8 Å². The fourth-order valence-electron chi connectivity index (χ4n) is 2.02. The Balaban J connectivity index is 1.87. The number of ketones is 1. The smallest absolute Gasteiger partial charge is 0.253 e.